The van der Waals surface area contributed by atoms with Crippen molar-refractivity contribution >= 4 is 0 Å². The first-order chi connectivity index (χ1) is 6.45. The van der Waals surface area contributed by atoms with Crippen LogP contribution in [0.4, 0.5) is 0 Å². The van der Waals surface area contributed by atoms with E-state index in [0.29, 0.717) is 17.9 Å². The second-order valence-electron chi connectivity index (χ2n) is 4.96. The summed E-state index contributed by atoms with van der Waals surface area (Å²) in [4.78, 5) is 5.85. The lowest BCUT2D eigenvalue weighted by molar-refractivity contribution is -0.202. The van der Waals surface area contributed by atoms with Crippen molar-refractivity contribution in [3.05, 3.63) is 0 Å². The molecule has 0 bridgehead atoms. The Morgan fingerprint density at radius 2 is 1.36 bits per heavy atom. The molecule has 2 heteroatoms. The third kappa shape index (κ3) is 7.34. The predicted molar refractivity (Wildman–Crippen MR) is 62.1 cm³/mol. The fourth-order valence-corrected chi connectivity index (χ4v) is 1.30. The molecule has 0 fully saturated rings. The van der Waals surface area contributed by atoms with Crippen molar-refractivity contribution in [2.45, 2.75) is 54.1 Å². The molecule has 0 aromatic rings. The Hall–Kier alpha value is -0.0800. The van der Waals surface area contributed by atoms with E-state index < -0.39 is 0 Å². The topological polar surface area (TPSA) is 12.5 Å². The minimum absolute atomic E-state index is 0.340. The number of hydroxylamine groups is 2. The number of hydrogen-bond acceptors (Lipinski definition) is 2. The van der Waals surface area contributed by atoms with Crippen molar-refractivity contribution in [2.75, 3.05) is 13.1 Å². The van der Waals surface area contributed by atoms with Gasteiger partial charge >= 0.3 is 0 Å². The van der Waals surface area contributed by atoms with E-state index in [-0.39, 0.29) is 0 Å². The first-order valence-corrected chi connectivity index (χ1v) is 5.87. The summed E-state index contributed by atoms with van der Waals surface area (Å²) in [6, 6.07) is 0. The van der Waals surface area contributed by atoms with Gasteiger partial charge in [0.15, 0.2) is 0 Å². The van der Waals surface area contributed by atoms with Crippen LogP contribution in [0.15, 0.2) is 0 Å². The molecule has 1 unspecified atom stereocenters. The molecule has 2 nitrogen and oxygen atoms in total. The van der Waals surface area contributed by atoms with Crippen LogP contribution in [0.5, 0.6) is 0 Å². The molecule has 1 atom stereocenters. The van der Waals surface area contributed by atoms with Crippen molar-refractivity contribution in [1.29, 1.82) is 0 Å². The minimum Gasteiger partial charge on any atom is -0.296 e. The smallest absolute Gasteiger partial charge is 0.0762 e. The number of rotatable bonds is 7. The summed E-state index contributed by atoms with van der Waals surface area (Å²) in [5.74, 6) is 1.33. The summed E-state index contributed by atoms with van der Waals surface area (Å²) < 4.78 is 0. The normalized spacial score (nSPS) is 14.4. The minimum atomic E-state index is 0.340. The van der Waals surface area contributed by atoms with Crippen LogP contribution in [-0.2, 0) is 4.84 Å². The zero-order chi connectivity index (χ0) is 11.1. The molecular weight excluding hydrogens is 174 g/mol. The molecule has 0 amide bonds. The SMILES string of the molecule is CCC(C)ON(CC(C)C)CC(C)C. The molecule has 0 N–H and O–H groups in total. The van der Waals surface area contributed by atoms with Crippen molar-refractivity contribution in [2.24, 2.45) is 11.8 Å². The van der Waals surface area contributed by atoms with Crippen molar-refractivity contribution in [3.8, 4) is 0 Å². The molecule has 0 heterocycles. The Morgan fingerprint density at radius 1 is 0.929 bits per heavy atom. The van der Waals surface area contributed by atoms with Gasteiger partial charge in [-0.25, -0.2) is 0 Å². The van der Waals surface area contributed by atoms with E-state index in [9.17, 15) is 0 Å². The molecule has 0 rings (SSSR count). The van der Waals surface area contributed by atoms with Crippen LogP contribution in [0.2, 0.25) is 0 Å². The summed E-state index contributed by atoms with van der Waals surface area (Å²) >= 11 is 0. The molecule has 0 radical (unpaired) electrons. The maximum absolute atomic E-state index is 5.85. The molecule has 0 aromatic heterocycles. The molecule has 0 aliphatic heterocycles. The standard InChI is InChI=1S/C12H27NO/c1-7-12(6)14-13(8-10(2)3)9-11(4)5/h10-12H,7-9H2,1-6H3. The summed E-state index contributed by atoms with van der Waals surface area (Å²) in [6.07, 6.45) is 1.42. The second kappa shape index (κ2) is 7.24. The molecule has 0 aliphatic carbocycles. The lowest BCUT2D eigenvalue weighted by Gasteiger charge is -2.28. The van der Waals surface area contributed by atoms with E-state index in [1.807, 2.05) is 0 Å². The van der Waals surface area contributed by atoms with Gasteiger partial charge in [-0.15, -0.1) is 0 Å². The van der Waals surface area contributed by atoms with Gasteiger partial charge in [-0.3, -0.25) is 4.84 Å². The highest BCUT2D eigenvalue weighted by Gasteiger charge is 2.12. The number of hydrogen-bond donors (Lipinski definition) is 0. The van der Waals surface area contributed by atoms with Gasteiger partial charge < -0.3 is 0 Å². The van der Waals surface area contributed by atoms with Gasteiger partial charge in [-0.2, -0.15) is 5.06 Å². The van der Waals surface area contributed by atoms with Crippen LogP contribution in [0, 0.1) is 11.8 Å². The van der Waals surface area contributed by atoms with Crippen LogP contribution in [0.25, 0.3) is 0 Å². The Morgan fingerprint density at radius 3 is 1.64 bits per heavy atom. The van der Waals surface area contributed by atoms with Gasteiger partial charge in [0.25, 0.3) is 0 Å². The average Bonchev–Trinajstić information content (AvgIpc) is 2.01. The maximum atomic E-state index is 5.85. The maximum Gasteiger partial charge on any atom is 0.0762 e. The predicted octanol–water partition coefficient (Wildman–Crippen LogP) is 3.33. The summed E-state index contributed by atoms with van der Waals surface area (Å²) in [5, 5.41) is 2.13. The summed E-state index contributed by atoms with van der Waals surface area (Å²) in [7, 11) is 0. The first kappa shape index (κ1) is 13.9. The van der Waals surface area contributed by atoms with Gasteiger partial charge in [-0.05, 0) is 25.2 Å². The molecule has 0 aromatic carbocycles. The van der Waals surface area contributed by atoms with E-state index in [0.717, 1.165) is 19.5 Å². The highest BCUT2D eigenvalue weighted by molar-refractivity contribution is 4.55. The molecule has 0 saturated carbocycles. The first-order valence-electron chi connectivity index (χ1n) is 5.87. The van der Waals surface area contributed by atoms with Gasteiger partial charge in [0.05, 0.1) is 6.10 Å². The van der Waals surface area contributed by atoms with Crippen molar-refractivity contribution in [3.63, 3.8) is 0 Å². The van der Waals surface area contributed by atoms with Crippen LogP contribution >= 0.6 is 0 Å². The van der Waals surface area contributed by atoms with Gasteiger partial charge in [0.1, 0.15) is 0 Å². The zero-order valence-electron chi connectivity index (χ0n) is 10.7. The van der Waals surface area contributed by atoms with E-state index in [1.165, 1.54) is 0 Å². The van der Waals surface area contributed by atoms with Crippen molar-refractivity contribution in [1.82, 2.24) is 5.06 Å². The monoisotopic (exact) mass is 201 g/mol. The Labute approximate surface area is 89.6 Å². The quantitative estimate of drug-likeness (QED) is 0.586. The summed E-state index contributed by atoms with van der Waals surface area (Å²) in [5.41, 5.74) is 0. The molecule has 0 saturated heterocycles. The van der Waals surface area contributed by atoms with E-state index in [2.05, 4.69) is 46.6 Å². The highest BCUT2D eigenvalue weighted by Crippen LogP contribution is 2.08. The fraction of sp³-hybridized carbons (Fsp3) is 1.00. The largest absolute Gasteiger partial charge is 0.296 e. The molecule has 14 heavy (non-hydrogen) atoms. The van der Waals surface area contributed by atoms with Gasteiger partial charge in [-0.1, -0.05) is 34.6 Å². The summed E-state index contributed by atoms with van der Waals surface area (Å²) in [6.45, 7) is 15.3. The lowest BCUT2D eigenvalue weighted by Crippen LogP contribution is -2.34. The van der Waals surface area contributed by atoms with E-state index in [4.69, 9.17) is 4.84 Å². The molecule has 0 spiro atoms. The lowest BCUT2D eigenvalue weighted by atomic mass is 10.2. The Balaban J connectivity index is 3.96. The Bertz CT molecular complexity index is 124. The molecule has 86 valence electrons. The van der Waals surface area contributed by atoms with Crippen LogP contribution in [0.3, 0.4) is 0 Å². The van der Waals surface area contributed by atoms with Crippen LogP contribution in [-0.4, -0.2) is 24.3 Å². The van der Waals surface area contributed by atoms with E-state index in [1.54, 1.807) is 0 Å². The average molecular weight is 201 g/mol. The fourth-order valence-electron chi connectivity index (χ4n) is 1.30. The second-order valence-corrected chi connectivity index (χ2v) is 4.96. The highest BCUT2D eigenvalue weighted by atomic mass is 16.7. The molecular formula is C12H27NO. The zero-order valence-corrected chi connectivity index (χ0v) is 10.7. The van der Waals surface area contributed by atoms with Crippen molar-refractivity contribution < 1.29 is 4.84 Å². The van der Waals surface area contributed by atoms with Crippen LogP contribution < -0.4 is 0 Å². The Kier molecular flexibility index (Phi) is 7.20. The third-order valence-corrected chi connectivity index (χ3v) is 2.04. The van der Waals surface area contributed by atoms with E-state index >= 15 is 0 Å². The van der Waals surface area contributed by atoms with Gasteiger partial charge in [0.2, 0.25) is 0 Å². The number of nitrogens with zero attached hydrogens (tertiary/aromatic N) is 1. The molecule has 0 aliphatic rings. The third-order valence-electron chi connectivity index (χ3n) is 2.04. The van der Waals surface area contributed by atoms with Crippen LogP contribution in [0.1, 0.15) is 48.0 Å². The van der Waals surface area contributed by atoms with Gasteiger partial charge in [0, 0.05) is 13.1 Å².